The molecule has 5 heteroatoms. The van der Waals surface area contributed by atoms with E-state index in [0.29, 0.717) is 13.0 Å². The number of nitrogens with zero attached hydrogens (tertiary/aromatic N) is 1. The summed E-state index contributed by atoms with van der Waals surface area (Å²) in [6, 6.07) is 4.70. The zero-order valence-electron chi connectivity index (χ0n) is 12.7. The fourth-order valence-corrected chi connectivity index (χ4v) is 2.38. The van der Waals surface area contributed by atoms with Crippen molar-refractivity contribution in [2.75, 3.05) is 39.5 Å². The van der Waals surface area contributed by atoms with E-state index < -0.39 is 0 Å². The topological polar surface area (TPSA) is 47.7 Å². The van der Waals surface area contributed by atoms with Gasteiger partial charge in [0.2, 0.25) is 0 Å². The van der Waals surface area contributed by atoms with Crippen molar-refractivity contribution in [3.63, 3.8) is 0 Å². The van der Waals surface area contributed by atoms with Gasteiger partial charge in [0.05, 0.1) is 13.2 Å². The Morgan fingerprint density at radius 2 is 2.14 bits per heavy atom. The summed E-state index contributed by atoms with van der Waals surface area (Å²) in [7, 11) is 0. The van der Waals surface area contributed by atoms with Crippen molar-refractivity contribution in [3.8, 4) is 5.75 Å². The molecular formula is C16H25FN2O2. The van der Waals surface area contributed by atoms with Crippen LogP contribution in [0.15, 0.2) is 18.2 Å². The van der Waals surface area contributed by atoms with Crippen LogP contribution < -0.4 is 10.5 Å². The first-order valence-corrected chi connectivity index (χ1v) is 7.66. The molecule has 1 unspecified atom stereocenters. The first-order chi connectivity index (χ1) is 10.2. The Kier molecular flexibility index (Phi) is 6.42. The molecule has 2 rings (SSSR count). The smallest absolute Gasteiger partial charge is 0.123 e. The van der Waals surface area contributed by atoms with Crippen LogP contribution in [-0.4, -0.2) is 50.4 Å². The maximum absolute atomic E-state index is 13.4. The average molecular weight is 296 g/mol. The second-order valence-electron chi connectivity index (χ2n) is 5.43. The molecule has 1 aliphatic rings. The van der Waals surface area contributed by atoms with Crippen molar-refractivity contribution < 1.29 is 13.9 Å². The van der Waals surface area contributed by atoms with E-state index in [9.17, 15) is 4.39 Å². The SMILES string of the molecule is CCC(N)Cc1cc(F)ccc1OCCN1CCOCC1. The van der Waals surface area contributed by atoms with Gasteiger partial charge in [0.1, 0.15) is 18.2 Å². The molecule has 0 spiro atoms. The Balaban J connectivity index is 1.88. The van der Waals surface area contributed by atoms with Gasteiger partial charge in [-0.25, -0.2) is 4.39 Å². The van der Waals surface area contributed by atoms with Crippen LogP contribution in [0.4, 0.5) is 4.39 Å². The standard InChI is InChI=1S/C16H25FN2O2/c1-2-15(18)12-13-11-14(17)3-4-16(13)21-10-7-19-5-8-20-9-6-19/h3-4,11,15H,2,5-10,12,18H2,1H3. The van der Waals surface area contributed by atoms with Gasteiger partial charge >= 0.3 is 0 Å². The van der Waals surface area contributed by atoms with Crippen molar-refractivity contribution >= 4 is 0 Å². The Labute approximate surface area is 126 Å². The third-order valence-electron chi connectivity index (χ3n) is 3.80. The molecule has 1 aliphatic heterocycles. The molecule has 0 radical (unpaired) electrons. The van der Waals surface area contributed by atoms with E-state index in [1.807, 2.05) is 6.92 Å². The zero-order valence-corrected chi connectivity index (χ0v) is 12.7. The minimum Gasteiger partial charge on any atom is -0.492 e. The van der Waals surface area contributed by atoms with E-state index >= 15 is 0 Å². The van der Waals surface area contributed by atoms with Crippen molar-refractivity contribution in [1.82, 2.24) is 4.90 Å². The van der Waals surface area contributed by atoms with Gasteiger partial charge in [-0.1, -0.05) is 6.92 Å². The molecule has 0 aromatic heterocycles. The molecule has 21 heavy (non-hydrogen) atoms. The van der Waals surface area contributed by atoms with Gasteiger partial charge in [0.15, 0.2) is 0 Å². The molecule has 0 saturated carbocycles. The summed E-state index contributed by atoms with van der Waals surface area (Å²) in [6.07, 6.45) is 1.50. The van der Waals surface area contributed by atoms with Crippen molar-refractivity contribution in [2.45, 2.75) is 25.8 Å². The highest BCUT2D eigenvalue weighted by Gasteiger charge is 2.12. The van der Waals surface area contributed by atoms with Gasteiger partial charge in [-0.2, -0.15) is 0 Å². The molecule has 4 nitrogen and oxygen atoms in total. The highest BCUT2D eigenvalue weighted by molar-refractivity contribution is 5.34. The van der Waals surface area contributed by atoms with E-state index in [-0.39, 0.29) is 11.9 Å². The van der Waals surface area contributed by atoms with E-state index in [0.717, 1.165) is 50.6 Å². The minimum atomic E-state index is -0.242. The largest absolute Gasteiger partial charge is 0.492 e. The van der Waals surface area contributed by atoms with Gasteiger partial charge in [-0.05, 0) is 36.6 Å². The molecule has 1 heterocycles. The lowest BCUT2D eigenvalue weighted by Crippen LogP contribution is -2.38. The fourth-order valence-electron chi connectivity index (χ4n) is 2.38. The third kappa shape index (κ3) is 5.26. The van der Waals surface area contributed by atoms with Crippen molar-refractivity contribution in [1.29, 1.82) is 0 Å². The molecule has 0 amide bonds. The normalized spacial score (nSPS) is 17.7. The molecule has 0 bridgehead atoms. The molecule has 0 aliphatic carbocycles. The Hall–Kier alpha value is -1.17. The number of ether oxygens (including phenoxy) is 2. The Bertz CT molecular complexity index is 436. The van der Waals surface area contributed by atoms with E-state index in [1.165, 1.54) is 12.1 Å². The molecule has 1 saturated heterocycles. The lowest BCUT2D eigenvalue weighted by atomic mass is 10.0. The third-order valence-corrected chi connectivity index (χ3v) is 3.80. The quantitative estimate of drug-likeness (QED) is 0.834. The van der Waals surface area contributed by atoms with Crippen LogP contribution in [0, 0.1) is 5.82 Å². The molecule has 2 N–H and O–H groups in total. The summed E-state index contributed by atoms with van der Waals surface area (Å²) in [4.78, 5) is 2.31. The zero-order chi connectivity index (χ0) is 15.1. The summed E-state index contributed by atoms with van der Waals surface area (Å²) in [5.41, 5.74) is 6.82. The van der Waals surface area contributed by atoms with Crippen LogP contribution in [0.2, 0.25) is 0 Å². The number of nitrogens with two attached hydrogens (primary N) is 1. The molecule has 1 fully saturated rings. The number of hydrogen-bond donors (Lipinski definition) is 1. The molecular weight excluding hydrogens is 271 g/mol. The minimum absolute atomic E-state index is 0.0355. The highest BCUT2D eigenvalue weighted by Crippen LogP contribution is 2.21. The monoisotopic (exact) mass is 296 g/mol. The summed E-state index contributed by atoms with van der Waals surface area (Å²) < 4.78 is 24.5. The number of rotatable bonds is 7. The van der Waals surface area contributed by atoms with Gasteiger partial charge in [0, 0.05) is 25.7 Å². The molecule has 1 aromatic carbocycles. The predicted octanol–water partition coefficient (Wildman–Crippen LogP) is 1.82. The second kappa shape index (κ2) is 8.32. The van der Waals surface area contributed by atoms with Crippen LogP contribution in [-0.2, 0) is 11.2 Å². The van der Waals surface area contributed by atoms with E-state index in [2.05, 4.69) is 4.90 Å². The Morgan fingerprint density at radius 1 is 1.38 bits per heavy atom. The first-order valence-electron chi connectivity index (χ1n) is 7.66. The maximum atomic E-state index is 13.4. The van der Waals surface area contributed by atoms with Crippen LogP contribution in [0.5, 0.6) is 5.75 Å². The predicted molar refractivity (Wildman–Crippen MR) is 81.1 cm³/mol. The van der Waals surface area contributed by atoms with Crippen LogP contribution in [0.1, 0.15) is 18.9 Å². The number of halogens is 1. The summed E-state index contributed by atoms with van der Waals surface area (Å²) in [6.45, 7) is 6.95. The van der Waals surface area contributed by atoms with Gasteiger partial charge < -0.3 is 15.2 Å². The van der Waals surface area contributed by atoms with Gasteiger partial charge in [-0.15, -0.1) is 0 Å². The fraction of sp³-hybridized carbons (Fsp3) is 0.625. The van der Waals surface area contributed by atoms with Gasteiger partial charge in [-0.3, -0.25) is 4.90 Å². The van der Waals surface area contributed by atoms with Crippen LogP contribution in [0.25, 0.3) is 0 Å². The molecule has 1 atom stereocenters. The number of hydrogen-bond acceptors (Lipinski definition) is 4. The summed E-state index contributed by atoms with van der Waals surface area (Å²) in [5.74, 6) is 0.502. The van der Waals surface area contributed by atoms with Crippen molar-refractivity contribution in [2.24, 2.45) is 5.73 Å². The molecule has 118 valence electrons. The number of morpholine rings is 1. The van der Waals surface area contributed by atoms with Gasteiger partial charge in [0.25, 0.3) is 0 Å². The van der Waals surface area contributed by atoms with Crippen molar-refractivity contribution in [3.05, 3.63) is 29.6 Å². The van der Waals surface area contributed by atoms with Crippen LogP contribution in [0.3, 0.4) is 0 Å². The lowest BCUT2D eigenvalue weighted by Gasteiger charge is -2.26. The Morgan fingerprint density at radius 3 is 2.86 bits per heavy atom. The number of benzene rings is 1. The summed E-state index contributed by atoms with van der Waals surface area (Å²) >= 11 is 0. The second-order valence-corrected chi connectivity index (χ2v) is 5.43. The average Bonchev–Trinajstić information content (AvgIpc) is 2.50. The lowest BCUT2D eigenvalue weighted by molar-refractivity contribution is 0.0322. The maximum Gasteiger partial charge on any atom is 0.123 e. The highest BCUT2D eigenvalue weighted by atomic mass is 19.1. The summed E-state index contributed by atoms with van der Waals surface area (Å²) in [5, 5.41) is 0. The van der Waals surface area contributed by atoms with E-state index in [1.54, 1.807) is 6.07 Å². The first kappa shape index (κ1) is 16.2. The van der Waals surface area contributed by atoms with E-state index in [4.69, 9.17) is 15.2 Å². The molecule has 1 aromatic rings. The van der Waals surface area contributed by atoms with Crippen LogP contribution >= 0.6 is 0 Å².